The minimum Gasteiger partial charge on any atom is -0.453 e. The molecule has 0 bridgehead atoms. The van der Waals surface area contributed by atoms with E-state index < -0.39 is 35.5 Å². The second-order valence-electron chi connectivity index (χ2n) is 7.65. The van der Waals surface area contributed by atoms with E-state index in [1.165, 1.54) is 0 Å². The van der Waals surface area contributed by atoms with Crippen LogP contribution in [0.3, 0.4) is 0 Å². The Morgan fingerprint density at radius 3 is 2.47 bits per heavy atom. The van der Waals surface area contributed by atoms with Gasteiger partial charge in [0, 0.05) is 11.1 Å². The predicted octanol–water partition coefficient (Wildman–Crippen LogP) is 3.54. The Morgan fingerprint density at radius 1 is 0.971 bits per heavy atom. The van der Waals surface area contributed by atoms with E-state index in [0.29, 0.717) is 5.56 Å². The van der Waals surface area contributed by atoms with Gasteiger partial charge in [-0.15, -0.1) is 0 Å². The number of amides is 1. The van der Waals surface area contributed by atoms with Crippen LogP contribution in [0.1, 0.15) is 32.4 Å². The minimum absolute atomic E-state index is 0.0742. The van der Waals surface area contributed by atoms with Crippen LogP contribution in [0.2, 0.25) is 0 Å². The fraction of sp³-hybridized carbons (Fsp3) is 0.0833. The van der Waals surface area contributed by atoms with Crippen LogP contribution < -0.4 is 5.32 Å². The van der Waals surface area contributed by atoms with Crippen LogP contribution in [0.4, 0.5) is 5.95 Å². The van der Waals surface area contributed by atoms with Crippen molar-refractivity contribution in [2.75, 3.05) is 5.32 Å². The number of nitrogens with one attached hydrogen (secondary N) is 3. The van der Waals surface area contributed by atoms with Crippen molar-refractivity contribution in [1.82, 2.24) is 15.2 Å². The molecule has 0 radical (unpaired) electrons. The lowest BCUT2D eigenvalue weighted by Crippen LogP contribution is -2.38. The van der Waals surface area contributed by atoms with Crippen molar-refractivity contribution in [1.29, 1.82) is 0 Å². The molecule has 1 aliphatic rings. The molecule has 1 amide bonds. The Balaban J connectivity index is 1.55. The Hall–Kier alpha value is -4.44. The molecule has 34 heavy (non-hydrogen) atoms. The summed E-state index contributed by atoms with van der Waals surface area (Å²) in [5.74, 6) is -5.16. The van der Waals surface area contributed by atoms with Crippen molar-refractivity contribution < 1.29 is 23.9 Å². The number of anilines is 1. The minimum atomic E-state index is -1.60. The van der Waals surface area contributed by atoms with Crippen molar-refractivity contribution in [3.63, 3.8) is 0 Å². The second-order valence-corrected chi connectivity index (χ2v) is 8.04. The van der Waals surface area contributed by atoms with Crippen molar-refractivity contribution in [3.8, 4) is 0 Å². The first kappa shape index (κ1) is 21.4. The number of hydrogen-bond acceptors (Lipinski definition) is 7. The van der Waals surface area contributed by atoms with E-state index in [4.69, 9.17) is 17.0 Å². The number of benzene rings is 3. The highest BCUT2D eigenvalue weighted by Crippen LogP contribution is 2.38. The second kappa shape index (κ2) is 8.49. The first-order chi connectivity index (χ1) is 16.4. The number of esters is 1. The summed E-state index contributed by atoms with van der Waals surface area (Å²) in [5, 5.41) is 9.00. The number of rotatable bonds is 6. The highest BCUT2D eigenvalue weighted by molar-refractivity contribution is 7.71. The fourth-order valence-corrected chi connectivity index (χ4v) is 4.12. The molecule has 5 rings (SSSR count). The number of fused-ring (bicyclic) bond motifs is 2. The van der Waals surface area contributed by atoms with E-state index >= 15 is 0 Å². The number of cyclic esters (lactones) is 1. The first-order valence-corrected chi connectivity index (χ1v) is 10.7. The van der Waals surface area contributed by atoms with Crippen molar-refractivity contribution in [2.45, 2.75) is 6.10 Å². The van der Waals surface area contributed by atoms with Gasteiger partial charge in [-0.2, -0.15) is 4.98 Å². The predicted molar refractivity (Wildman–Crippen MR) is 124 cm³/mol. The molecular formula is C24H16N4O5S. The maximum Gasteiger partial charge on any atom is 0.339 e. The zero-order valence-electron chi connectivity index (χ0n) is 17.4. The maximum absolute atomic E-state index is 13.7. The van der Waals surface area contributed by atoms with Crippen LogP contribution in [0.5, 0.6) is 0 Å². The normalized spacial score (nSPS) is 15.4. The molecule has 1 aromatic heterocycles. The quantitative estimate of drug-likeness (QED) is 0.128. The Kier molecular flexibility index (Phi) is 5.34. The number of Topliss-reactive ketones (excluding diaryl/α,β-unsaturated/α-hetero) is 2. The summed E-state index contributed by atoms with van der Waals surface area (Å²) in [7, 11) is 0. The van der Waals surface area contributed by atoms with Gasteiger partial charge < -0.3 is 4.74 Å². The van der Waals surface area contributed by atoms with Gasteiger partial charge in [-0.25, -0.2) is 4.79 Å². The SMILES string of the molecule is O=C(Nc1nc(=S)[nH][nH]1)C(=O)C(C(=O)c1ccc2ccccc2c1)C1OC(=O)c2ccccc21. The van der Waals surface area contributed by atoms with Gasteiger partial charge in [0.1, 0.15) is 12.0 Å². The smallest absolute Gasteiger partial charge is 0.339 e. The Bertz CT molecular complexity index is 1540. The summed E-state index contributed by atoms with van der Waals surface area (Å²) < 4.78 is 5.52. The molecule has 2 atom stereocenters. The maximum atomic E-state index is 13.7. The number of ether oxygens (including phenoxy) is 1. The zero-order chi connectivity index (χ0) is 23.8. The van der Waals surface area contributed by atoms with E-state index in [1.807, 2.05) is 24.3 Å². The lowest BCUT2D eigenvalue weighted by Gasteiger charge is -2.21. The molecule has 4 aromatic rings. The van der Waals surface area contributed by atoms with Gasteiger partial charge in [-0.05, 0) is 35.1 Å². The molecule has 9 nitrogen and oxygen atoms in total. The largest absolute Gasteiger partial charge is 0.453 e. The van der Waals surface area contributed by atoms with Crippen molar-refractivity contribution in [2.24, 2.45) is 5.92 Å². The van der Waals surface area contributed by atoms with Gasteiger partial charge in [0.25, 0.3) is 5.91 Å². The number of carbonyl (C=O) groups excluding carboxylic acids is 4. The topological polar surface area (TPSA) is 134 Å². The summed E-state index contributed by atoms with van der Waals surface area (Å²) in [5.41, 5.74) is 0.824. The first-order valence-electron chi connectivity index (χ1n) is 10.2. The summed E-state index contributed by atoms with van der Waals surface area (Å²) >= 11 is 4.85. The van der Waals surface area contributed by atoms with E-state index in [2.05, 4.69) is 20.5 Å². The molecule has 0 aliphatic carbocycles. The van der Waals surface area contributed by atoms with Gasteiger partial charge >= 0.3 is 5.97 Å². The molecule has 0 saturated heterocycles. The average Bonchev–Trinajstić information content (AvgIpc) is 3.41. The highest BCUT2D eigenvalue weighted by Gasteiger charge is 2.46. The van der Waals surface area contributed by atoms with Gasteiger partial charge in [0.15, 0.2) is 5.78 Å². The molecular weight excluding hydrogens is 456 g/mol. The van der Waals surface area contributed by atoms with Crippen LogP contribution in [0, 0.1) is 10.7 Å². The zero-order valence-corrected chi connectivity index (χ0v) is 18.2. The average molecular weight is 472 g/mol. The summed E-state index contributed by atoms with van der Waals surface area (Å²) in [6.07, 6.45) is -1.25. The molecule has 168 valence electrons. The molecule has 0 fully saturated rings. The number of nitrogens with zero attached hydrogens (tertiary/aromatic N) is 1. The summed E-state index contributed by atoms with van der Waals surface area (Å²) in [6, 6.07) is 18.9. The van der Waals surface area contributed by atoms with Crippen molar-refractivity contribution in [3.05, 3.63) is 88.2 Å². The van der Waals surface area contributed by atoms with Crippen LogP contribution in [0.15, 0.2) is 66.7 Å². The third-order valence-electron chi connectivity index (χ3n) is 5.58. The Labute approximate surface area is 197 Å². The van der Waals surface area contributed by atoms with Crippen LogP contribution >= 0.6 is 12.2 Å². The van der Waals surface area contributed by atoms with E-state index in [0.717, 1.165) is 10.8 Å². The van der Waals surface area contributed by atoms with Crippen LogP contribution in [0.25, 0.3) is 10.8 Å². The molecule has 10 heteroatoms. The Morgan fingerprint density at radius 2 is 1.71 bits per heavy atom. The third kappa shape index (κ3) is 3.80. The lowest BCUT2D eigenvalue weighted by atomic mass is 9.84. The van der Waals surface area contributed by atoms with Gasteiger partial charge in [0.05, 0.1) is 5.56 Å². The van der Waals surface area contributed by atoms with Crippen molar-refractivity contribution >= 4 is 52.4 Å². The van der Waals surface area contributed by atoms with Gasteiger partial charge in [-0.3, -0.25) is 29.9 Å². The van der Waals surface area contributed by atoms with Crippen LogP contribution in [-0.4, -0.2) is 38.6 Å². The number of hydrogen-bond donors (Lipinski definition) is 3. The third-order valence-corrected chi connectivity index (χ3v) is 5.77. The number of H-pyrrole nitrogens is 2. The summed E-state index contributed by atoms with van der Waals surface area (Å²) in [6.45, 7) is 0. The van der Waals surface area contributed by atoms with Gasteiger partial charge in [-0.1, -0.05) is 54.6 Å². The summed E-state index contributed by atoms with van der Waals surface area (Å²) in [4.78, 5) is 56.0. The molecule has 0 saturated carbocycles. The van der Waals surface area contributed by atoms with Gasteiger partial charge in [0.2, 0.25) is 16.5 Å². The highest BCUT2D eigenvalue weighted by atomic mass is 32.1. The number of ketones is 2. The molecule has 3 N–H and O–H groups in total. The number of carbonyl (C=O) groups is 4. The van der Waals surface area contributed by atoms with E-state index in [9.17, 15) is 19.2 Å². The number of aromatic amines is 2. The monoisotopic (exact) mass is 472 g/mol. The molecule has 3 aromatic carbocycles. The van der Waals surface area contributed by atoms with E-state index in [1.54, 1.807) is 42.5 Å². The van der Waals surface area contributed by atoms with Crippen LogP contribution in [-0.2, 0) is 14.3 Å². The lowest BCUT2D eigenvalue weighted by molar-refractivity contribution is -0.138. The molecule has 2 unspecified atom stereocenters. The molecule has 0 spiro atoms. The molecule has 2 heterocycles. The fourth-order valence-electron chi connectivity index (χ4n) is 3.98. The molecule has 1 aliphatic heterocycles. The van der Waals surface area contributed by atoms with E-state index in [-0.39, 0.29) is 21.8 Å². The standard InChI is InChI=1S/C24H16N4O5S/c29-18(14-10-9-12-5-1-2-6-13(12)11-14)17(19(30)21(31)25-23-26-24(34)28-27-23)20-15-7-3-4-8-16(15)22(32)33-20/h1-11,17,20H,(H3,25,26,27,28,31,34). The number of aromatic nitrogens is 3.